The minimum atomic E-state index is -3.60. The molecule has 0 bridgehead atoms. The summed E-state index contributed by atoms with van der Waals surface area (Å²) in [6.45, 7) is 2.26. The lowest BCUT2D eigenvalue weighted by molar-refractivity contribution is -0.117. The van der Waals surface area contributed by atoms with Gasteiger partial charge in [-0.1, -0.05) is 6.07 Å². The molecule has 0 saturated carbocycles. The van der Waals surface area contributed by atoms with Gasteiger partial charge in [0.15, 0.2) is 0 Å². The van der Waals surface area contributed by atoms with Gasteiger partial charge in [-0.3, -0.25) is 4.79 Å². The van der Waals surface area contributed by atoms with Crippen LogP contribution < -0.4 is 9.64 Å². The summed E-state index contributed by atoms with van der Waals surface area (Å²) in [6, 6.07) is 5.54. The zero-order valence-electron chi connectivity index (χ0n) is 11.3. The summed E-state index contributed by atoms with van der Waals surface area (Å²) in [5.41, 5.74) is 1.67. The highest BCUT2D eigenvalue weighted by Crippen LogP contribution is 2.34. The highest BCUT2D eigenvalue weighted by Gasteiger charge is 2.34. The van der Waals surface area contributed by atoms with E-state index in [1.807, 2.05) is 19.1 Å². The maximum Gasteiger partial charge on any atom is 0.232 e. The van der Waals surface area contributed by atoms with Crippen LogP contribution in [0, 0.1) is 12.8 Å². The Morgan fingerprint density at radius 2 is 2.15 bits per heavy atom. The van der Waals surface area contributed by atoms with E-state index in [4.69, 9.17) is 15.4 Å². The summed E-state index contributed by atoms with van der Waals surface area (Å²) in [4.78, 5) is 13.7. The summed E-state index contributed by atoms with van der Waals surface area (Å²) in [6.07, 6.45) is 0.184. The van der Waals surface area contributed by atoms with E-state index < -0.39 is 9.05 Å². The zero-order valence-corrected chi connectivity index (χ0v) is 12.9. The molecule has 1 unspecified atom stereocenters. The molecule has 1 heterocycles. The summed E-state index contributed by atoms with van der Waals surface area (Å²) in [5.74, 6) is 0.0121. The Morgan fingerprint density at radius 3 is 2.75 bits per heavy atom. The standard InChI is InChI=1S/C13H16ClNO4S/c1-9-3-4-12(19-2)11(5-9)15-7-10(6-13(15)16)8-20(14,17)18/h3-5,10H,6-8H2,1-2H3. The molecule has 1 aliphatic heterocycles. The third kappa shape index (κ3) is 3.43. The van der Waals surface area contributed by atoms with Gasteiger partial charge in [0.25, 0.3) is 0 Å². The van der Waals surface area contributed by atoms with Crippen LogP contribution in [0.3, 0.4) is 0 Å². The van der Waals surface area contributed by atoms with Crippen LogP contribution in [0.5, 0.6) is 5.75 Å². The maximum absolute atomic E-state index is 12.1. The third-order valence-corrected chi connectivity index (χ3v) is 4.51. The molecule has 1 fully saturated rings. The quantitative estimate of drug-likeness (QED) is 0.796. The van der Waals surface area contributed by atoms with Crippen molar-refractivity contribution in [1.29, 1.82) is 0 Å². The lowest BCUT2D eigenvalue weighted by Crippen LogP contribution is -2.25. The van der Waals surface area contributed by atoms with E-state index in [-0.39, 0.29) is 24.0 Å². The maximum atomic E-state index is 12.1. The monoisotopic (exact) mass is 317 g/mol. The molecule has 2 rings (SSSR count). The zero-order chi connectivity index (χ0) is 14.9. The fourth-order valence-electron chi connectivity index (χ4n) is 2.42. The number of amides is 1. The Kier molecular flexibility index (Phi) is 4.25. The summed E-state index contributed by atoms with van der Waals surface area (Å²) in [5, 5.41) is 0. The first kappa shape index (κ1) is 15.1. The number of carbonyl (C=O) groups excluding carboxylic acids is 1. The number of benzene rings is 1. The highest BCUT2D eigenvalue weighted by molar-refractivity contribution is 8.13. The fraction of sp³-hybridized carbons (Fsp3) is 0.462. The van der Waals surface area contributed by atoms with Crippen molar-refractivity contribution < 1.29 is 17.9 Å². The molecule has 1 aliphatic rings. The van der Waals surface area contributed by atoms with Crippen molar-refractivity contribution in [2.75, 3.05) is 24.3 Å². The Hall–Kier alpha value is -1.27. The van der Waals surface area contributed by atoms with E-state index in [1.165, 1.54) is 7.11 Å². The van der Waals surface area contributed by atoms with Crippen molar-refractivity contribution in [2.45, 2.75) is 13.3 Å². The first-order valence-corrected chi connectivity index (χ1v) is 8.65. The summed E-state index contributed by atoms with van der Waals surface area (Å²) < 4.78 is 27.5. The van der Waals surface area contributed by atoms with Crippen molar-refractivity contribution in [3.05, 3.63) is 23.8 Å². The van der Waals surface area contributed by atoms with Crippen molar-refractivity contribution in [3.63, 3.8) is 0 Å². The number of halogens is 1. The molecular formula is C13H16ClNO4S. The highest BCUT2D eigenvalue weighted by atomic mass is 35.7. The van der Waals surface area contributed by atoms with E-state index >= 15 is 0 Å². The van der Waals surface area contributed by atoms with Gasteiger partial charge in [0, 0.05) is 29.6 Å². The molecule has 1 aromatic carbocycles. The lowest BCUT2D eigenvalue weighted by Gasteiger charge is -2.20. The first-order chi connectivity index (χ1) is 9.30. The number of anilines is 1. The third-order valence-electron chi connectivity index (χ3n) is 3.27. The van der Waals surface area contributed by atoms with Gasteiger partial charge >= 0.3 is 0 Å². The van der Waals surface area contributed by atoms with Gasteiger partial charge < -0.3 is 9.64 Å². The van der Waals surface area contributed by atoms with E-state index in [9.17, 15) is 13.2 Å². The van der Waals surface area contributed by atoms with Crippen molar-refractivity contribution in [1.82, 2.24) is 0 Å². The van der Waals surface area contributed by atoms with Crippen molar-refractivity contribution in [3.8, 4) is 5.75 Å². The van der Waals surface area contributed by atoms with Crippen LogP contribution in [0.1, 0.15) is 12.0 Å². The van der Waals surface area contributed by atoms with Gasteiger partial charge in [0.2, 0.25) is 15.0 Å². The summed E-state index contributed by atoms with van der Waals surface area (Å²) >= 11 is 0. The molecule has 1 atom stereocenters. The first-order valence-electron chi connectivity index (χ1n) is 6.17. The van der Waals surface area contributed by atoms with Crippen molar-refractivity contribution in [2.24, 2.45) is 5.92 Å². The second kappa shape index (κ2) is 5.61. The molecule has 7 heteroatoms. The van der Waals surface area contributed by atoms with Gasteiger partial charge in [-0.15, -0.1) is 0 Å². The number of rotatable bonds is 4. The van der Waals surface area contributed by atoms with E-state index in [0.717, 1.165) is 5.56 Å². The average molecular weight is 318 g/mol. The topological polar surface area (TPSA) is 63.7 Å². The van der Waals surface area contributed by atoms with Crippen molar-refractivity contribution >= 4 is 31.3 Å². The van der Waals surface area contributed by atoms with Gasteiger partial charge in [0.1, 0.15) is 5.75 Å². The Morgan fingerprint density at radius 1 is 1.45 bits per heavy atom. The number of carbonyl (C=O) groups is 1. The van der Waals surface area contributed by atoms with Gasteiger partial charge in [0.05, 0.1) is 18.6 Å². The van der Waals surface area contributed by atoms with Crippen LogP contribution >= 0.6 is 10.7 Å². The van der Waals surface area contributed by atoms with E-state index in [0.29, 0.717) is 18.0 Å². The second-order valence-electron chi connectivity index (χ2n) is 4.96. The number of methoxy groups -OCH3 is 1. The second-order valence-corrected chi connectivity index (χ2v) is 7.78. The number of aryl methyl sites for hydroxylation is 1. The van der Waals surface area contributed by atoms with Gasteiger partial charge in [-0.25, -0.2) is 8.42 Å². The molecule has 0 aliphatic carbocycles. The molecule has 0 spiro atoms. The molecule has 5 nitrogen and oxygen atoms in total. The number of hydrogen-bond acceptors (Lipinski definition) is 4. The lowest BCUT2D eigenvalue weighted by atomic mass is 10.1. The van der Waals surface area contributed by atoms with Crippen LogP contribution in [0.15, 0.2) is 18.2 Å². The molecule has 1 aromatic rings. The molecule has 110 valence electrons. The number of nitrogens with zero attached hydrogens (tertiary/aromatic N) is 1. The predicted molar refractivity (Wildman–Crippen MR) is 77.8 cm³/mol. The molecule has 0 radical (unpaired) electrons. The number of ether oxygens (including phenoxy) is 1. The molecule has 1 amide bonds. The number of hydrogen-bond donors (Lipinski definition) is 0. The largest absolute Gasteiger partial charge is 0.495 e. The van der Waals surface area contributed by atoms with E-state index in [2.05, 4.69) is 0 Å². The smallest absolute Gasteiger partial charge is 0.232 e. The van der Waals surface area contributed by atoms with Gasteiger partial charge in [-0.05, 0) is 24.6 Å². The summed E-state index contributed by atoms with van der Waals surface area (Å²) in [7, 11) is 3.19. The Balaban J connectivity index is 2.26. The van der Waals surface area contributed by atoms with Crippen LogP contribution in [0.2, 0.25) is 0 Å². The SMILES string of the molecule is COc1ccc(C)cc1N1CC(CS(=O)(=O)Cl)CC1=O. The molecule has 0 aromatic heterocycles. The van der Waals surface area contributed by atoms with Crippen LogP contribution in [-0.4, -0.2) is 33.7 Å². The average Bonchev–Trinajstić information content (AvgIpc) is 2.67. The molecule has 0 N–H and O–H groups in total. The Labute approximate surface area is 122 Å². The fourth-order valence-corrected chi connectivity index (χ4v) is 3.74. The minimum Gasteiger partial charge on any atom is -0.495 e. The van der Waals surface area contributed by atoms with Gasteiger partial charge in [-0.2, -0.15) is 0 Å². The minimum absolute atomic E-state index is 0.112. The van der Waals surface area contributed by atoms with Crippen LogP contribution in [0.4, 0.5) is 5.69 Å². The Bertz CT molecular complexity index is 629. The van der Waals surface area contributed by atoms with Crippen LogP contribution in [-0.2, 0) is 13.8 Å². The predicted octanol–water partition coefficient (Wildman–Crippen LogP) is 1.93. The normalized spacial score (nSPS) is 19.4. The molecule has 1 saturated heterocycles. The van der Waals surface area contributed by atoms with Crippen LogP contribution in [0.25, 0.3) is 0 Å². The van der Waals surface area contributed by atoms with E-state index in [1.54, 1.807) is 11.0 Å². The molecular weight excluding hydrogens is 302 g/mol. The molecule has 20 heavy (non-hydrogen) atoms.